The first-order valence-electron chi connectivity index (χ1n) is 6.66. The van der Waals surface area contributed by atoms with E-state index in [1.807, 2.05) is 0 Å². The lowest BCUT2D eigenvalue weighted by Gasteiger charge is -2.37. The summed E-state index contributed by atoms with van der Waals surface area (Å²) >= 11 is 0. The normalized spacial score (nSPS) is 25.3. The summed E-state index contributed by atoms with van der Waals surface area (Å²) in [5.41, 5.74) is 0.941. The highest BCUT2D eigenvalue weighted by Gasteiger charge is 2.30. The Morgan fingerprint density at radius 2 is 2.17 bits per heavy atom. The summed E-state index contributed by atoms with van der Waals surface area (Å²) < 4.78 is 13.3. The van der Waals surface area contributed by atoms with E-state index in [0.717, 1.165) is 31.7 Å². The number of phenolic OH excluding ortho intramolecular Hbond substituents is 1. The molecule has 0 saturated carbocycles. The zero-order valence-corrected chi connectivity index (χ0v) is 10.5. The van der Waals surface area contributed by atoms with Gasteiger partial charge in [0.15, 0.2) is 11.6 Å². The Kier molecular flexibility index (Phi) is 3.22. The molecule has 1 aromatic rings. The Hall–Kier alpha value is -1.13. The summed E-state index contributed by atoms with van der Waals surface area (Å²) in [6.45, 7) is 5.29. The molecule has 2 aliphatic rings. The molecule has 18 heavy (non-hydrogen) atoms. The Balaban J connectivity index is 1.64. The molecule has 1 unspecified atom stereocenters. The number of piperazine rings is 1. The van der Waals surface area contributed by atoms with Crippen molar-refractivity contribution in [3.8, 4) is 5.75 Å². The maximum atomic E-state index is 13.3. The third kappa shape index (κ3) is 2.35. The van der Waals surface area contributed by atoms with Crippen LogP contribution in [0.15, 0.2) is 18.2 Å². The van der Waals surface area contributed by atoms with Crippen LogP contribution in [0.3, 0.4) is 0 Å². The molecule has 0 aromatic heterocycles. The molecule has 2 heterocycles. The van der Waals surface area contributed by atoms with Gasteiger partial charge in [0, 0.05) is 32.2 Å². The molecule has 0 bridgehead atoms. The van der Waals surface area contributed by atoms with E-state index >= 15 is 0 Å². The predicted octanol–water partition coefficient (Wildman–Crippen LogP) is 1.81. The summed E-state index contributed by atoms with van der Waals surface area (Å²) in [6.07, 6.45) is 2.60. The van der Waals surface area contributed by atoms with Gasteiger partial charge in [-0.15, -0.1) is 0 Å². The molecule has 98 valence electrons. The van der Waals surface area contributed by atoms with Crippen LogP contribution in [0.5, 0.6) is 5.75 Å². The number of fused-ring (bicyclic) bond motifs is 1. The Bertz CT molecular complexity index is 438. The minimum atomic E-state index is -0.521. The third-order valence-electron chi connectivity index (χ3n) is 4.09. The van der Waals surface area contributed by atoms with Crippen LogP contribution in [-0.4, -0.2) is 47.1 Å². The van der Waals surface area contributed by atoms with Gasteiger partial charge in [0.2, 0.25) is 0 Å². The molecular weight excluding hydrogens is 231 g/mol. The third-order valence-corrected chi connectivity index (χ3v) is 4.09. The van der Waals surface area contributed by atoms with Gasteiger partial charge in [-0.3, -0.25) is 9.80 Å². The number of halogens is 1. The quantitative estimate of drug-likeness (QED) is 0.867. The van der Waals surface area contributed by atoms with E-state index in [4.69, 9.17) is 0 Å². The zero-order chi connectivity index (χ0) is 12.5. The molecule has 1 N–H and O–H groups in total. The molecule has 0 radical (unpaired) electrons. The van der Waals surface area contributed by atoms with Crippen molar-refractivity contribution in [2.24, 2.45) is 0 Å². The lowest BCUT2D eigenvalue weighted by molar-refractivity contribution is 0.0993. The van der Waals surface area contributed by atoms with Gasteiger partial charge in [-0.1, -0.05) is 6.07 Å². The first-order chi connectivity index (χ1) is 8.72. The molecule has 4 heteroatoms. The molecule has 2 fully saturated rings. The van der Waals surface area contributed by atoms with Crippen molar-refractivity contribution in [2.75, 3.05) is 26.2 Å². The fourth-order valence-corrected chi connectivity index (χ4v) is 3.11. The topological polar surface area (TPSA) is 26.7 Å². The van der Waals surface area contributed by atoms with E-state index in [0.29, 0.717) is 6.04 Å². The summed E-state index contributed by atoms with van der Waals surface area (Å²) in [5, 5.41) is 9.18. The van der Waals surface area contributed by atoms with Gasteiger partial charge in [0.05, 0.1) is 0 Å². The van der Waals surface area contributed by atoms with Gasteiger partial charge in [-0.2, -0.15) is 0 Å². The predicted molar refractivity (Wildman–Crippen MR) is 67.9 cm³/mol. The molecule has 0 aliphatic carbocycles. The number of benzene rings is 1. The van der Waals surface area contributed by atoms with Crippen LogP contribution in [0, 0.1) is 5.82 Å². The van der Waals surface area contributed by atoms with Crippen molar-refractivity contribution < 1.29 is 9.50 Å². The van der Waals surface area contributed by atoms with Crippen LogP contribution in [0.4, 0.5) is 4.39 Å². The number of hydrogen-bond acceptors (Lipinski definition) is 3. The lowest BCUT2D eigenvalue weighted by Crippen LogP contribution is -2.49. The fourth-order valence-electron chi connectivity index (χ4n) is 3.11. The molecule has 2 aliphatic heterocycles. The van der Waals surface area contributed by atoms with E-state index in [1.54, 1.807) is 6.07 Å². The average molecular weight is 250 g/mol. The lowest BCUT2D eigenvalue weighted by atomic mass is 10.1. The first kappa shape index (κ1) is 11.9. The SMILES string of the molecule is Oc1ccc(CN2CCN3CCCC3C2)cc1F. The maximum absolute atomic E-state index is 13.3. The Morgan fingerprint density at radius 1 is 1.28 bits per heavy atom. The maximum Gasteiger partial charge on any atom is 0.165 e. The zero-order valence-electron chi connectivity index (χ0n) is 10.5. The standard InChI is InChI=1S/C14H19FN2O/c15-13-8-11(3-4-14(13)18)9-16-6-7-17-5-1-2-12(17)10-16/h3-4,8,12,18H,1-2,5-7,9-10H2. The van der Waals surface area contributed by atoms with Crippen molar-refractivity contribution in [3.63, 3.8) is 0 Å². The van der Waals surface area contributed by atoms with Gasteiger partial charge in [0.25, 0.3) is 0 Å². The summed E-state index contributed by atoms with van der Waals surface area (Å²) in [5.74, 6) is -0.786. The monoisotopic (exact) mass is 250 g/mol. The van der Waals surface area contributed by atoms with Crippen LogP contribution >= 0.6 is 0 Å². The van der Waals surface area contributed by atoms with Gasteiger partial charge in [-0.05, 0) is 37.1 Å². The number of aromatic hydroxyl groups is 1. The number of phenols is 1. The molecule has 1 atom stereocenters. The highest BCUT2D eigenvalue weighted by molar-refractivity contribution is 5.28. The minimum absolute atomic E-state index is 0.264. The highest BCUT2D eigenvalue weighted by Crippen LogP contribution is 2.23. The van der Waals surface area contributed by atoms with E-state index < -0.39 is 5.82 Å². The van der Waals surface area contributed by atoms with Crippen LogP contribution in [0.1, 0.15) is 18.4 Å². The largest absolute Gasteiger partial charge is 0.505 e. The van der Waals surface area contributed by atoms with E-state index in [1.165, 1.54) is 31.5 Å². The van der Waals surface area contributed by atoms with Crippen molar-refractivity contribution in [2.45, 2.75) is 25.4 Å². The van der Waals surface area contributed by atoms with Crippen LogP contribution < -0.4 is 0 Å². The van der Waals surface area contributed by atoms with Crippen LogP contribution in [0.2, 0.25) is 0 Å². The smallest absolute Gasteiger partial charge is 0.165 e. The van der Waals surface area contributed by atoms with Gasteiger partial charge >= 0.3 is 0 Å². The highest BCUT2D eigenvalue weighted by atomic mass is 19.1. The van der Waals surface area contributed by atoms with Gasteiger partial charge in [-0.25, -0.2) is 4.39 Å². The van der Waals surface area contributed by atoms with Crippen LogP contribution in [-0.2, 0) is 6.54 Å². The van der Waals surface area contributed by atoms with E-state index in [2.05, 4.69) is 9.80 Å². The van der Waals surface area contributed by atoms with E-state index in [-0.39, 0.29) is 5.75 Å². The van der Waals surface area contributed by atoms with Gasteiger partial charge in [0.1, 0.15) is 0 Å². The molecular formula is C14H19FN2O. The number of hydrogen-bond donors (Lipinski definition) is 1. The fraction of sp³-hybridized carbons (Fsp3) is 0.571. The molecule has 1 aromatic carbocycles. The number of rotatable bonds is 2. The Morgan fingerprint density at radius 3 is 3.00 bits per heavy atom. The van der Waals surface area contributed by atoms with Crippen molar-refractivity contribution in [1.29, 1.82) is 0 Å². The molecule has 3 nitrogen and oxygen atoms in total. The number of nitrogens with zero attached hydrogens (tertiary/aromatic N) is 2. The van der Waals surface area contributed by atoms with E-state index in [9.17, 15) is 9.50 Å². The second-order valence-electron chi connectivity index (χ2n) is 5.35. The Labute approximate surface area is 107 Å². The second-order valence-corrected chi connectivity index (χ2v) is 5.35. The molecule has 0 spiro atoms. The summed E-state index contributed by atoms with van der Waals surface area (Å²) in [7, 11) is 0. The van der Waals surface area contributed by atoms with Crippen LogP contribution in [0.25, 0.3) is 0 Å². The molecule has 2 saturated heterocycles. The summed E-state index contributed by atoms with van der Waals surface area (Å²) in [4.78, 5) is 4.95. The minimum Gasteiger partial charge on any atom is -0.505 e. The van der Waals surface area contributed by atoms with Crippen molar-refractivity contribution >= 4 is 0 Å². The van der Waals surface area contributed by atoms with Gasteiger partial charge < -0.3 is 5.11 Å². The second kappa shape index (κ2) is 4.86. The summed E-state index contributed by atoms with van der Waals surface area (Å²) in [6, 6.07) is 5.38. The first-order valence-corrected chi connectivity index (χ1v) is 6.66. The van der Waals surface area contributed by atoms with Crippen molar-refractivity contribution in [1.82, 2.24) is 9.80 Å². The van der Waals surface area contributed by atoms with Crippen molar-refractivity contribution in [3.05, 3.63) is 29.6 Å². The molecule has 3 rings (SSSR count). The average Bonchev–Trinajstić information content (AvgIpc) is 2.81. The molecule has 0 amide bonds.